The van der Waals surface area contributed by atoms with Crippen molar-refractivity contribution in [2.45, 2.75) is 0 Å². The highest BCUT2D eigenvalue weighted by molar-refractivity contribution is 6.58. The molecule has 1 aromatic heterocycles. The van der Waals surface area contributed by atoms with Gasteiger partial charge in [0.1, 0.15) is 5.82 Å². The molecule has 6 heteroatoms. The maximum Gasteiger partial charge on any atom is 0.493 e. The second kappa shape index (κ2) is 2.85. The second-order valence-electron chi connectivity index (χ2n) is 1.99. The van der Waals surface area contributed by atoms with Gasteiger partial charge >= 0.3 is 7.12 Å². The maximum absolute atomic E-state index is 12.6. The molecule has 0 saturated carbocycles. The van der Waals surface area contributed by atoms with Gasteiger partial charge in [0.2, 0.25) is 5.95 Å². The summed E-state index contributed by atoms with van der Waals surface area (Å²) >= 11 is 0. The Kier molecular flexibility index (Phi) is 2.07. The fourth-order valence-corrected chi connectivity index (χ4v) is 0.652. The van der Waals surface area contributed by atoms with Gasteiger partial charge in [0.15, 0.2) is 0 Å². The summed E-state index contributed by atoms with van der Waals surface area (Å²) in [5, 5.41) is 17.1. The van der Waals surface area contributed by atoms with Crippen molar-refractivity contribution in [1.82, 2.24) is 4.98 Å². The standard InChI is InChI=1S/C5H6BFN2O2/c7-5-3(6(10)11)1-2-4(8)9-5/h1-2,10-11H,(H2,8,9). The molecule has 0 aliphatic rings. The molecule has 4 nitrogen and oxygen atoms in total. The van der Waals surface area contributed by atoms with Crippen LogP contribution in [-0.2, 0) is 0 Å². The number of hydrogen-bond donors (Lipinski definition) is 3. The van der Waals surface area contributed by atoms with Crippen molar-refractivity contribution < 1.29 is 14.4 Å². The average molecular weight is 156 g/mol. The normalized spacial score (nSPS) is 9.73. The lowest BCUT2D eigenvalue weighted by Crippen LogP contribution is -2.33. The molecular formula is C5H6BFN2O2. The molecule has 0 amide bonds. The third kappa shape index (κ3) is 1.66. The number of hydrogen-bond acceptors (Lipinski definition) is 4. The van der Waals surface area contributed by atoms with Crippen LogP contribution in [0.4, 0.5) is 10.2 Å². The Morgan fingerprint density at radius 3 is 2.55 bits per heavy atom. The van der Waals surface area contributed by atoms with Gasteiger partial charge in [-0.3, -0.25) is 0 Å². The quantitative estimate of drug-likeness (QED) is 0.340. The molecule has 0 aliphatic carbocycles. The largest absolute Gasteiger partial charge is 0.493 e. The number of nitrogens with two attached hydrogens (primary N) is 1. The van der Waals surface area contributed by atoms with Crippen molar-refractivity contribution in [3.63, 3.8) is 0 Å². The van der Waals surface area contributed by atoms with E-state index < -0.39 is 13.1 Å². The first-order valence-electron chi connectivity index (χ1n) is 2.89. The van der Waals surface area contributed by atoms with Crippen LogP contribution in [0.5, 0.6) is 0 Å². The predicted octanol–water partition coefficient (Wildman–Crippen LogP) is -1.52. The van der Waals surface area contributed by atoms with E-state index in [1.54, 1.807) is 0 Å². The topological polar surface area (TPSA) is 79.4 Å². The molecular weight excluding hydrogens is 150 g/mol. The predicted molar refractivity (Wildman–Crippen MR) is 38.4 cm³/mol. The minimum absolute atomic E-state index is 0.00639. The van der Waals surface area contributed by atoms with Crippen molar-refractivity contribution in [1.29, 1.82) is 0 Å². The molecule has 0 spiro atoms. The molecule has 0 fully saturated rings. The molecule has 1 aromatic rings. The number of pyridine rings is 1. The highest BCUT2D eigenvalue weighted by atomic mass is 19.1. The van der Waals surface area contributed by atoms with E-state index in [-0.39, 0.29) is 11.3 Å². The third-order valence-electron chi connectivity index (χ3n) is 1.18. The number of nitrogen functional groups attached to an aromatic ring is 1. The van der Waals surface area contributed by atoms with Gasteiger partial charge in [0.25, 0.3) is 0 Å². The molecule has 0 atom stereocenters. The summed E-state index contributed by atoms with van der Waals surface area (Å²) in [5.41, 5.74) is 4.83. The van der Waals surface area contributed by atoms with Crippen LogP contribution in [0, 0.1) is 5.95 Å². The molecule has 4 N–H and O–H groups in total. The Labute approximate surface area is 62.6 Å². The van der Waals surface area contributed by atoms with Crippen LogP contribution in [0.2, 0.25) is 0 Å². The Bertz CT molecular complexity index is 269. The van der Waals surface area contributed by atoms with Gasteiger partial charge in [0, 0.05) is 5.46 Å². The van der Waals surface area contributed by atoms with Crippen LogP contribution >= 0.6 is 0 Å². The molecule has 0 saturated heterocycles. The van der Waals surface area contributed by atoms with Crippen molar-refractivity contribution in [3.8, 4) is 0 Å². The average Bonchev–Trinajstić information content (AvgIpc) is 1.85. The zero-order valence-corrected chi connectivity index (χ0v) is 5.53. The van der Waals surface area contributed by atoms with Gasteiger partial charge < -0.3 is 15.8 Å². The van der Waals surface area contributed by atoms with Gasteiger partial charge in [0.05, 0.1) is 0 Å². The minimum atomic E-state index is -1.84. The SMILES string of the molecule is Nc1ccc(B(O)O)c(F)n1. The third-order valence-corrected chi connectivity index (χ3v) is 1.18. The van der Waals surface area contributed by atoms with E-state index in [9.17, 15) is 4.39 Å². The lowest BCUT2D eigenvalue weighted by Gasteiger charge is -1.99. The second-order valence-corrected chi connectivity index (χ2v) is 1.99. The van der Waals surface area contributed by atoms with Crippen LogP contribution in [0.25, 0.3) is 0 Å². The van der Waals surface area contributed by atoms with Gasteiger partial charge in [-0.2, -0.15) is 4.39 Å². The minimum Gasteiger partial charge on any atom is -0.423 e. The van der Waals surface area contributed by atoms with E-state index in [4.69, 9.17) is 15.8 Å². The first-order valence-corrected chi connectivity index (χ1v) is 2.89. The maximum atomic E-state index is 12.6. The Morgan fingerprint density at radius 1 is 1.45 bits per heavy atom. The molecule has 0 aliphatic heterocycles. The van der Waals surface area contributed by atoms with Gasteiger partial charge in [-0.15, -0.1) is 0 Å². The highest BCUT2D eigenvalue weighted by Gasteiger charge is 2.16. The number of halogens is 1. The monoisotopic (exact) mass is 156 g/mol. The zero-order chi connectivity index (χ0) is 8.43. The molecule has 0 bridgehead atoms. The van der Waals surface area contributed by atoms with Crippen molar-refractivity contribution in [2.24, 2.45) is 0 Å². The molecule has 11 heavy (non-hydrogen) atoms. The van der Waals surface area contributed by atoms with E-state index in [1.165, 1.54) is 12.1 Å². The number of nitrogens with zero attached hydrogens (tertiary/aromatic N) is 1. The Balaban J connectivity index is 3.09. The van der Waals surface area contributed by atoms with Crippen LogP contribution in [0.15, 0.2) is 12.1 Å². The summed E-state index contributed by atoms with van der Waals surface area (Å²) in [6, 6.07) is 2.46. The summed E-state index contributed by atoms with van der Waals surface area (Å²) < 4.78 is 12.6. The molecule has 1 rings (SSSR count). The van der Waals surface area contributed by atoms with Gasteiger partial charge in [-0.1, -0.05) is 6.07 Å². The first kappa shape index (κ1) is 7.97. The number of aromatic nitrogens is 1. The van der Waals surface area contributed by atoms with Crippen molar-refractivity contribution in [2.75, 3.05) is 5.73 Å². The molecule has 0 unspecified atom stereocenters. The van der Waals surface area contributed by atoms with Crippen molar-refractivity contribution >= 4 is 18.4 Å². The number of anilines is 1. The van der Waals surface area contributed by atoms with Crippen LogP contribution in [0.3, 0.4) is 0 Å². The summed E-state index contributed by atoms with van der Waals surface area (Å²) in [7, 11) is -1.84. The summed E-state index contributed by atoms with van der Waals surface area (Å²) in [6.07, 6.45) is 0. The zero-order valence-electron chi connectivity index (χ0n) is 5.53. The van der Waals surface area contributed by atoms with Crippen LogP contribution in [0.1, 0.15) is 0 Å². The lowest BCUT2D eigenvalue weighted by atomic mass is 9.81. The van der Waals surface area contributed by atoms with E-state index in [0.717, 1.165) is 0 Å². The van der Waals surface area contributed by atoms with Crippen LogP contribution in [-0.4, -0.2) is 22.2 Å². The molecule has 1 heterocycles. The summed E-state index contributed by atoms with van der Waals surface area (Å²) in [5.74, 6) is -0.952. The Morgan fingerprint density at radius 2 is 2.09 bits per heavy atom. The van der Waals surface area contributed by atoms with E-state index in [2.05, 4.69) is 4.98 Å². The van der Waals surface area contributed by atoms with Crippen molar-refractivity contribution in [3.05, 3.63) is 18.1 Å². The Hall–Kier alpha value is -1.14. The van der Waals surface area contributed by atoms with Gasteiger partial charge in [-0.05, 0) is 6.07 Å². The van der Waals surface area contributed by atoms with E-state index in [1.807, 2.05) is 0 Å². The summed E-state index contributed by atoms with van der Waals surface area (Å²) in [4.78, 5) is 3.19. The molecule has 0 aromatic carbocycles. The fourth-order valence-electron chi connectivity index (χ4n) is 0.652. The lowest BCUT2D eigenvalue weighted by molar-refractivity contribution is 0.422. The van der Waals surface area contributed by atoms with E-state index in [0.29, 0.717) is 0 Å². The summed E-state index contributed by atoms with van der Waals surface area (Å²) in [6.45, 7) is 0. The highest BCUT2D eigenvalue weighted by Crippen LogP contribution is 1.96. The molecule has 0 radical (unpaired) electrons. The van der Waals surface area contributed by atoms with Crippen LogP contribution < -0.4 is 11.2 Å². The number of rotatable bonds is 1. The molecule has 58 valence electrons. The van der Waals surface area contributed by atoms with Gasteiger partial charge in [-0.25, -0.2) is 4.98 Å². The smallest absolute Gasteiger partial charge is 0.423 e. The first-order chi connectivity index (χ1) is 5.11. The fraction of sp³-hybridized carbons (Fsp3) is 0. The van der Waals surface area contributed by atoms with E-state index >= 15 is 0 Å².